The number of rotatable bonds is 4. The van der Waals surface area contributed by atoms with Crippen LogP contribution in [-0.2, 0) is 0 Å². The van der Waals surface area contributed by atoms with Gasteiger partial charge in [0.25, 0.3) is 5.91 Å². The van der Waals surface area contributed by atoms with E-state index in [0.29, 0.717) is 21.5 Å². The van der Waals surface area contributed by atoms with Gasteiger partial charge >= 0.3 is 0 Å². The molecule has 0 bridgehead atoms. The van der Waals surface area contributed by atoms with Crippen molar-refractivity contribution in [1.82, 2.24) is 5.43 Å². The minimum Gasteiger partial charge on any atom is -0.267 e. The van der Waals surface area contributed by atoms with Crippen molar-refractivity contribution in [2.24, 2.45) is 5.10 Å². The van der Waals surface area contributed by atoms with Crippen LogP contribution < -0.4 is 5.43 Å². The third kappa shape index (κ3) is 4.66. The molecule has 3 nitrogen and oxygen atoms in total. The molecule has 0 unspecified atom stereocenters. The van der Waals surface area contributed by atoms with Crippen LogP contribution >= 0.6 is 23.2 Å². The fraction of sp³-hybridized carbons (Fsp3) is 0.333. The van der Waals surface area contributed by atoms with Gasteiger partial charge in [-0.3, -0.25) is 4.79 Å². The minimum atomic E-state index is -0.318. The number of hydrazone groups is 1. The molecule has 1 N–H and O–H groups in total. The molecule has 2 aromatic carbocycles. The lowest BCUT2D eigenvalue weighted by Gasteiger charge is -2.22. The minimum absolute atomic E-state index is 0.318. The summed E-state index contributed by atoms with van der Waals surface area (Å²) in [5.74, 6) is 0.367. The second kappa shape index (κ2) is 8.70. The van der Waals surface area contributed by atoms with Gasteiger partial charge in [0.15, 0.2) is 0 Å². The Morgan fingerprint density at radius 2 is 1.62 bits per heavy atom. The summed E-state index contributed by atoms with van der Waals surface area (Å²) in [5, 5.41) is 4.97. The van der Waals surface area contributed by atoms with E-state index >= 15 is 0 Å². The Balaban J connectivity index is 1.65. The number of hydrogen-bond acceptors (Lipinski definition) is 2. The molecule has 136 valence electrons. The zero-order chi connectivity index (χ0) is 18.5. The van der Waals surface area contributed by atoms with Gasteiger partial charge in [-0.05, 0) is 55.0 Å². The highest BCUT2D eigenvalue weighted by Gasteiger charge is 2.15. The van der Waals surface area contributed by atoms with Crippen LogP contribution in [0.3, 0.4) is 0 Å². The Bertz CT molecular complexity index is 809. The highest BCUT2D eigenvalue weighted by atomic mass is 35.5. The third-order valence-electron chi connectivity index (χ3n) is 4.91. The third-order valence-corrected chi connectivity index (χ3v) is 5.65. The standard InChI is InChI=1S/C21H22Cl2N2O/c1-14(24-25-21(26)18-11-12-19(22)20(23)13-18)15-7-9-17(10-8-15)16-5-3-2-4-6-16/h7-13,16H,2-6H2,1H3,(H,25,26)/b24-14+. The Labute approximate surface area is 164 Å². The molecule has 0 spiro atoms. The molecule has 0 atom stereocenters. The van der Waals surface area contributed by atoms with Gasteiger partial charge in [-0.15, -0.1) is 0 Å². The van der Waals surface area contributed by atoms with Crippen molar-refractivity contribution in [3.8, 4) is 0 Å². The van der Waals surface area contributed by atoms with Crippen molar-refractivity contribution in [2.45, 2.75) is 44.9 Å². The summed E-state index contributed by atoms with van der Waals surface area (Å²) in [6.07, 6.45) is 6.58. The summed E-state index contributed by atoms with van der Waals surface area (Å²) >= 11 is 11.8. The van der Waals surface area contributed by atoms with E-state index in [1.54, 1.807) is 12.1 Å². The van der Waals surface area contributed by atoms with Gasteiger partial charge in [0.05, 0.1) is 15.8 Å². The summed E-state index contributed by atoms with van der Waals surface area (Å²) in [6.45, 7) is 1.88. The van der Waals surface area contributed by atoms with Gasteiger partial charge in [-0.2, -0.15) is 5.10 Å². The van der Waals surface area contributed by atoms with Gasteiger partial charge in [0, 0.05) is 5.56 Å². The zero-order valence-corrected chi connectivity index (χ0v) is 16.3. The van der Waals surface area contributed by atoms with Crippen molar-refractivity contribution < 1.29 is 4.79 Å². The molecule has 0 saturated heterocycles. The number of amides is 1. The maximum Gasteiger partial charge on any atom is 0.271 e. The number of benzene rings is 2. The van der Waals surface area contributed by atoms with Gasteiger partial charge in [-0.25, -0.2) is 5.43 Å². The fourth-order valence-electron chi connectivity index (χ4n) is 3.33. The van der Waals surface area contributed by atoms with Crippen molar-refractivity contribution in [3.63, 3.8) is 0 Å². The number of halogens is 2. The molecule has 0 heterocycles. The number of hydrogen-bond donors (Lipinski definition) is 1. The maximum absolute atomic E-state index is 12.2. The van der Waals surface area contributed by atoms with Crippen LogP contribution in [0, 0.1) is 0 Å². The molecule has 1 aliphatic carbocycles. The topological polar surface area (TPSA) is 41.5 Å². The first-order valence-electron chi connectivity index (χ1n) is 8.94. The molecule has 5 heteroatoms. The van der Waals surface area contributed by atoms with Crippen LogP contribution in [0.5, 0.6) is 0 Å². The fourth-order valence-corrected chi connectivity index (χ4v) is 3.63. The molecule has 0 radical (unpaired) electrons. The molecular weight excluding hydrogens is 367 g/mol. The van der Waals surface area contributed by atoms with Gasteiger partial charge in [-0.1, -0.05) is 66.7 Å². The summed E-state index contributed by atoms with van der Waals surface area (Å²) in [7, 11) is 0. The summed E-state index contributed by atoms with van der Waals surface area (Å²) < 4.78 is 0. The van der Waals surface area contributed by atoms with E-state index < -0.39 is 0 Å². The van der Waals surface area contributed by atoms with Crippen LogP contribution in [0.4, 0.5) is 0 Å². The first kappa shape index (κ1) is 18.9. The van der Waals surface area contributed by atoms with E-state index in [0.717, 1.165) is 11.3 Å². The summed E-state index contributed by atoms with van der Waals surface area (Å²) in [5.41, 5.74) is 6.15. The number of nitrogens with zero attached hydrogens (tertiary/aromatic N) is 1. The quantitative estimate of drug-likeness (QED) is 0.491. The largest absolute Gasteiger partial charge is 0.271 e. The van der Waals surface area contributed by atoms with E-state index in [1.165, 1.54) is 43.7 Å². The lowest BCUT2D eigenvalue weighted by molar-refractivity contribution is 0.0955. The second-order valence-electron chi connectivity index (χ2n) is 6.72. The van der Waals surface area contributed by atoms with Crippen LogP contribution in [0.1, 0.15) is 66.4 Å². The average Bonchev–Trinajstić information content (AvgIpc) is 2.68. The van der Waals surface area contributed by atoms with Crippen molar-refractivity contribution in [1.29, 1.82) is 0 Å². The SMILES string of the molecule is C/C(=N\NC(=O)c1ccc(Cl)c(Cl)c1)c1ccc(C2CCCCC2)cc1. The molecular formula is C21H22Cl2N2O. The molecule has 2 aromatic rings. The number of nitrogens with one attached hydrogen (secondary N) is 1. The van der Waals surface area contributed by atoms with Crippen LogP contribution in [0.25, 0.3) is 0 Å². The molecule has 1 aliphatic rings. The normalized spacial score (nSPS) is 15.7. The zero-order valence-electron chi connectivity index (χ0n) is 14.8. The number of carbonyl (C=O) groups excluding carboxylic acids is 1. The van der Waals surface area contributed by atoms with Gasteiger partial charge in [0.2, 0.25) is 0 Å². The van der Waals surface area contributed by atoms with E-state index in [9.17, 15) is 4.79 Å². The molecule has 26 heavy (non-hydrogen) atoms. The molecule has 1 amide bonds. The highest BCUT2D eigenvalue weighted by Crippen LogP contribution is 2.32. The Kier molecular flexibility index (Phi) is 6.33. The van der Waals surface area contributed by atoms with Crippen molar-refractivity contribution >= 4 is 34.8 Å². The molecule has 0 aliphatic heterocycles. The van der Waals surface area contributed by atoms with Gasteiger partial charge < -0.3 is 0 Å². The molecule has 3 rings (SSSR count). The number of carbonyl (C=O) groups is 1. The maximum atomic E-state index is 12.2. The Hall–Kier alpha value is -1.84. The predicted molar refractivity (Wildman–Crippen MR) is 108 cm³/mol. The first-order chi connectivity index (χ1) is 12.5. The lowest BCUT2D eigenvalue weighted by Crippen LogP contribution is -2.19. The Morgan fingerprint density at radius 1 is 0.962 bits per heavy atom. The Morgan fingerprint density at radius 3 is 2.27 bits per heavy atom. The first-order valence-corrected chi connectivity index (χ1v) is 9.70. The molecule has 1 fully saturated rings. The van der Waals surface area contributed by atoms with Crippen LogP contribution in [0.2, 0.25) is 10.0 Å². The molecule has 0 aromatic heterocycles. The smallest absolute Gasteiger partial charge is 0.267 e. The van der Waals surface area contributed by atoms with E-state index in [1.807, 2.05) is 6.92 Å². The van der Waals surface area contributed by atoms with Gasteiger partial charge in [0.1, 0.15) is 0 Å². The van der Waals surface area contributed by atoms with Crippen LogP contribution in [-0.4, -0.2) is 11.6 Å². The van der Waals surface area contributed by atoms with Crippen molar-refractivity contribution in [3.05, 3.63) is 69.2 Å². The monoisotopic (exact) mass is 388 g/mol. The summed E-state index contributed by atoms with van der Waals surface area (Å²) in [4.78, 5) is 12.2. The average molecular weight is 389 g/mol. The van der Waals surface area contributed by atoms with Crippen molar-refractivity contribution in [2.75, 3.05) is 0 Å². The van der Waals surface area contributed by atoms with Crippen LogP contribution in [0.15, 0.2) is 47.6 Å². The van der Waals surface area contributed by atoms with E-state index in [2.05, 4.69) is 34.8 Å². The molecule has 1 saturated carbocycles. The van der Waals surface area contributed by atoms with E-state index in [-0.39, 0.29) is 5.91 Å². The summed E-state index contributed by atoms with van der Waals surface area (Å²) in [6, 6.07) is 13.3. The second-order valence-corrected chi connectivity index (χ2v) is 7.54. The lowest BCUT2D eigenvalue weighted by atomic mass is 9.84. The highest BCUT2D eigenvalue weighted by molar-refractivity contribution is 6.42. The van der Waals surface area contributed by atoms with E-state index in [4.69, 9.17) is 23.2 Å². The predicted octanol–water partition coefficient (Wildman–Crippen LogP) is 6.20.